The molecular weight excluding hydrogens is 248 g/mol. The monoisotopic (exact) mass is 261 g/mol. The van der Waals surface area contributed by atoms with Crippen molar-refractivity contribution in [3.63, 3.8) is 0 Å². The number of fused-ring (bicyclic) bond motifs is 1. The lowest BCUT2D eigenvalue weighted by atomic mass is 10.0. The van der Waals surface area contributed by atoms with Gasteiger partial charge in [-0.05, 0) is 18.6 Å². The third kappa shape index (κ3) is 1.90. The summed E-state index contributed by atoms with van der Waals surface area (Å²) in [4.78, 5) is 0. The van der Waals surface area contributed by atoms with Crippen molar-refractivity contribution in [1.82, 2.24) is 0 Å². The average Bonchev–Trinajstić information content (AvgIpc) is 2.40. The molecule has 1 unspecified atom stereocenters. The summed E-state index contributed by atoms with van der Waals surface area (Å²) in [5.41, 5.74) is 1.85. The molecule has 0 saturated heterocycles. The van der Waals surface area contributed by atoms with Gasteiger partial charge in [-0.3, -0.25) is 4.31 Å². The van der Waals surface area contributed by atoms with Gasteiger partial charge in [0, 0.05) is 13.5 Å². The van der Waals surface area contributed by atoms with Crippen LogP contribution in [0.4, 0.5) is 14.5 Å². The molecule has 0 fully saturated rings. The minimum Gasteiger partial charge on any atom is -0.272 e. The summed E-state index contributed by atoms with van der Waals surface area (Å²) in [6.07, 6.45) is -3.28. The maximum absolute atomic E-state index is 12.5. The predicted molar refractivity (Wildman–Crippen MR) is 61.9 cm³/mol. The van der Waals surface area contributed by atoms with Crippen LogP contribution in [0.25, 0.3) is 0 Å². The summed E-state index contributed by atoms with van der Waals surface area (Å²) in [7, 11) is -2.29. The first-order chi connectivity index (χ1) is 7.84. The molecule has 94 valence electrons. The van der Waals surface area contributed by atoms with E-state index in [2.05, 4.69) is 0 Å². The SMILES string of the molecule is Cc1ccc2c(c1)C(CC(F)F)S(=O)(=O)N2C. The summed E-state index contributed by atoms with van der Waals surface area (Å²) in [5, 5.41) is -1.12. The van der Waals surface area contributed by atoms with Gasteiger partial charge in [0.25, 0.3) is 0 Å². The first-order valence-corrected chi connectivity index (χ1v) is 6.71. The lowest BCUT2D eigenvalue weighted by molar-refractivity contribution is 0.136. The van der Waals surface area contributed by atoms with E-state index in [1.807, 2.05) is 6.92 Å². The van der Waals surface area contributed by atoms with Gasteiger partial charge in [0.05, 0.1) is 5.69 Å². The van der Waals surface area contributed by atoms with E-state index in [1.54, 1.807) is 18.2 Å². The number of hydrogen-bond donors (Lipinski definition) is 0. The van der Waals surface area contributed by atoms with Crippen LogP contribution in [-0.4, -0.2) is 21.9 Å². The molecule has 0 bridgehead atoms. The fraction of sp³-hybridized carbons (Fsp3) is 0.455. The van der Waals surface area contributed by atoms with Crippen molar-refractivity contribution in [3.05, 3.63) is 29.3 Å². The van der Waals surface area contributed by atoms with Crippen molar-refractivity contribution in [2.45, 2.75) is 25.0 Å². The maximum atomic E-state index is 12.5. The lowest BCUT2D eigenvalue weighted by Gasteiger charge is -2.13. The van der Waals surface area contributed by atoms with Gasteiger partial charge in [0.15, 0.2) is 0 Å². The molecule has 0 amide bonds. The molecular formula is C11H13F2NO2S. The molecule has 0 saturated carbocycles. The Labute approximate surface area is 99.1 Å². The number of hydrogen-bond acceptors (Lipinski definition) is 2. The molecule has 1 atom stereocenters. The fourth-order valence-corrected chi connectivity index (χ4v) is 3.84. The van der Waals surface area contributed by atoms with Crippen molar-refractivity contribution >= 4 is 15.7 Å². The van der Waals surface area contributed by atoms with Crippen LogP contribution in [0, 0.1) is 6.92 Å². The summed E-state index contributed by atoms with van der Waals surface area (Å²) in [5.74, 6) is 0. The molecule has 17 heavy (non-hydrogen) atoms. The van der Waals surface area contributed by atoms with E-state index in [0.29, 0.717) is 11.3 Å². The van der Waals surface area contributed by atoms with Crippen molar-refractivity contribution < 1.29 is 17.2 Å². The summed E-state index contributed by atoms with van der Waals surface area (Å²) >= 11 is 0. The Hall–Kier alpha value is -1.17. The highest BCUT2D eigenvalue weighted by Crippen LogP contribution is 2.44. The number of alkyl halides is 2. The normalized spacial score (nSPS) is 21.9. The molecule has 3 nitrogen and oxygen atoms in total. The first-order valence-electron chi connectivity index (χ1n) is 5.20. The van der Waals surface area contributed by atoms with Crippen LogP contribution < -0.4 is 4.31 Å². The van der Waals surface area contributed by atoms with Crippen LogP contribution in [0.3, 0.4) is 0 Å². The standard InChI is InChI=1S/C11H13F2NO2S/c1-7-3-4-9-8(5-7)10(6-11(12)13)17(15,16)14(9)2/h3-5,10-11H,6H2,1-2H3. The van der Waals surface area contributed by atoms with Gasteiger partial charge in [0.1, 0.15) is 5.25 Å². The Morgan fingerprint density at radius 2 is 2.06 bits per heavy atom. The second-order valence-corrected chi connectivity index (χ2v) is 6.34. The fourth-order valence-electron chi connectivity index (χ4n) is 2.12. The number of sulfonamides is 1. The highest BCUT2D eigenvalue weighted by Gasteiger charge is 2.42. The minimum atomic E-state index is -3.68. The predicted octanol–water partition coefficient (Wildman–Crippen LogP) is 2.47. The maximum Gasteiger partial charge on any atom is 0.242 e. The number of anilines is 1. The minimum absolute atomic E-state index is 0.479. The van der Waals surface area contributed by atoms with Crippen molar-refractivity contribution in [2.24, 2.45) is 0 Å². The van der Waals surface area contributed by atoms with Crippen molar-refractivity contribution in [2.75, 3.05) is 11.4 Å². The topological polar surface area (TPSA) is 37.4 Å². The quantitative estimate of drug-likeness (QED) is 0.820. The highest BCUT2D eigenvalue weighted by molar-refractivity contribution is 7.93. The van der Waals surface area contributed by atoms with Gasteiger partial charge in [0.2, 0.25) is 16.4 Å². The second-order valence-electron chi connectivity index (χ2n) is 4.19. The molecule has 1 heterocycles. The molecule has 6 heteroatoms. The van der Waals surface area contributed by atoms with E-state index in [9.17, 15) is 17.2 Å². The van der Waals surface area contributed by atoms with Crippen LogP contribution in [-0.2, 0) is 10.0 Å². The van der Waals surface area contributed by atoms with E-state index in [-0.39, 0.29) is 0 Å². The molecule has 1 aliphatic rings. The van der Waals surface area contributed by atoms with Gasteiger partial charge in [-0.25, -0.2) is 17.2 Å². The zero-order valence-electron chi connectivity index (χ0n) is 9.52. The zero-order chi connectivity index (χ0) is 12.8. The molecule has 0 N–H and O–H groups in total. The van der Waals surface area contributed by atoms with Gasteiger partial charge in [-0.1, -0.05) is 17.7 Å². The van der Waals surface area contributed by atoms with Gasteiger partial charge < -0.3 is 0 Å². The summed E-state index contributed by atoms with van der Waals surface area (Å²) in [6.45, 7) is 1.81. The second kappa shape index (κ2) is 3.94. The highest BCUT2D eigenvalue weighted by atomic mass is 32.2. The van der Waals surface area contributed by atoms with Crippen LogP contribution in [0.5, 0.6) is 0 Å². The van der Waals surface area contributed by atoms with E-state index in [4.69, 9.17) is 0 Å². The Bertz CT molecular complexity index is 542. The van der Waals surface area contributed by atoms with E-state index in [1.165, 1.54) is 7.05 Å². The van der Waals surface area contributed by atoms with Crippen molar-refractivity contribution in [3.8, 4) is 0 Å². The summed E-state index contributed by atoms with van der Waals surface area (Å²) < 4.78 is 50.0. The Morgan fingerprint density at radius 1 is 1.41 bits per heavy atom. The van der Waals surface area contributed by atoms with Crippen LogP contribution in [0.15, 0.2) is 18.2 Å². The van der Waals surface area contributed by atoms with Crippen LogP contribution in [0.2, 0.25) is 0 Å². The molecule has 1 aliphatic heterocycles. The average molecular weight is 261 g/mol. The Kier molecular flexibility index (Phi) is 2.85. The smallest absolute Gasteiger partial charge is 0.242 e. The first kappa shape index (κ1) is 12.3. The molecule has 0 aliphatic carbocycles. The number of aryl methyl sites for hydroxylation is 1. The molecule has 2 rings (SSSR count). The van der Waals surface area contributed by atoms with E-state index < -0.39 is 28.1 Å². The van der Waals surface area contributed by atoms with Gasteiger partial charge in [-0.2, -0.15) is 0 Å². The molecule has 1 aromatic carbocycles. The third-order valence-corrected chi connectivity index (χ3v) is 5.13. The molecule has 0 radical (unpaired) electrons. The third-order valence-electron chi connectivity index (χ3n) is 3.00. The Morgan fingerprint density at radius 3 is 2.65 bits per heavy atom. The van der Waals surface area contributed by atoms with Gasteiger partial charge in [-0.15, -0.1) is 0 Å². The van der Waals surface area contributed by atoms with E-state index in [0.717, 1.165) is 9.87 Å². The molecule has 0 spiro atoms. The zero-order valence-corrected chi connectivity index (χ0v) is 10.3. The summed E-state index contributed by atoms with van der Waals surface area (Å²) in [6, 6.07) is 5.10. The van der Waals surface area contributed by atoms with Crippen molar-refractivity contribution in [1.29, 1.82) is 0 Å². The molecule has 0 aromatic heterocycles. The van der Waals surface area contributed by atoms with Crippen LogP contribution >= 0.6 is 0 Å². The number of nitrogens with zero attached hydrogens (tertiary/aromatic N) is 1. The number of rotatable bonds is 2. The van der Waals surface area contributed by atoms with E-state index >= 15 is 0 Å². The molecule has 1 aromatic rings. The number of halogens is 2. The number of benzene rings is 1. The lowest BCUT2D eigenvalue weighted by Crippen LogP contribution is -2.25. The largest absolute Gasteiger partial charge is 0.272 e. The van der Waals surface area contributed by atoms with Crippen LogP contribution in [0.1, 0.15) is 22.8 Å². The van der Waals surface area contributed by atoms with Gasteiger partial charge >= 0.3 is 0 Å². The Balaban J connectivity index is 2.56.